The fraction of sp³-hybridized carbons (Fsp3) is 0.400. The second kappa shape index (κ2) is 6.97. The van der Waals surface area contributed by atoms with Crippen molar-refractivity contribution >= 4 is 23.2 Å². The Morgan fingerprint density at radius 3 is 2.84 bits per heavy atom. The predicted octanol–water partition coefficient (Wildman–Crippen LogP) is 4.10. The molecule has 102 valence electrons. The van der Waals surface area contributed by atoms with Crippen LogP contribution in [-0.2, 0) is 19.9 Å². The number of benzene rings is 1. The molecule has 19 heavy (non-hydrogen) atoms. The maximum Gasteiger partial charge on any atom is 0.108 e. The molecule has 0 saturated carbocycles. The highest BCUT2D eigenvalue weighted by Crippen LogP contribution is 2.19. The van der Waals surface area contributed by atoms with Crippen LogP contribution in [0, 0.1) is 5.92 Å². The molecule has 4 heteroatoms. The topological polar surface area (TPSA) is 17.8 Å². The van der Waals surface area contributed by atoms with Gasteiger partial charge in [0.05, 0.1) is 0 Å². The monoisotopic (exact) mass is 296 g/mol. The van der Waals surface area contributed by atoms with Gasteiger partial charge in [0.15, 0.2) is 0 Å². The molecule has 0 radical (unpaired) electrons. The molecule has 0 aliphatic carbocycles. The van der Waals surface area contributed by atoms with Crippen molar-refractivity contribution in [1.82, 2.24) is 9.55 Å². The van der Waals surface area contributed by atoms with E-state index in [2.05, 4.69) is 15.6 Å². The van der Waals surface area contributed by atoms with Crippen LogP contribution in [0.2, 0.25) is 5.02 Å². The minimum Gasteiger partial charge on any atom is -0.338 e. The van der Waals surface area contributed by atoms with Crippen LogP contribution in [0.1, 0.15) is 17.8 Å². The van der Waals surface area contributed by atoms with E-state index in [0.29, 0.717) is 11.8 Å². The van der Waals surface area contributed by atoms with Crippen LogP contribution in [0.3, 0.4) is 0 Å². The Kier molecular flexibility index (Phi) is 5.29. The summed E-state index contributed by atoms with van der Waals surface area (Å²) < 4.78 is 2.06. The Morgan fingerprint density at radius 2 is 2.21 bits per heavy atom. The first-order valence-corrected chi connectivity index (χ1v) is 7.37. The number of nitrogens with zero attached hydrogens (tertiary/aromatic N) is 2. The molecule has 2 aromatic rings. The van der Waals surface area contributed by atoms with Gasteiger partial charge in [-0.25, -0.2) is 4.98 Å². The summed E-state index contributed by atoms with van der Waals surface area (Å²) in [6, 6.07) is 8.00. The van der Waals surface area contributed by atoms with E-state index in [4.69, 9.17) is 23.2 Å². The largest absolute Gasteiger partial charge is 0.338 e. The molecule has 0 spiro atoms. The molecule has 1 unspecified atom stereocenters. The van der Waals surface area contributed by atoms with Gasteiger partial charge in [0.2, 0.25) is 0 Å². The minimum absolute atomic E-state index is 0.455. The van der Waals surface area contributed by atoms with Gasteiger partial charge in [0.25, 0.3) is 0 Å². The van der Waals surface area contributed by atoms with Crippen molar-refractivity contribution in [2.75, 3.05) is 5.88 Å². The van der Waals surface area contributed by atoms with Crippen LogP contribution in [0.25, 0.3) is 0 Å². The number of halogens is 2. The second-order valence-electron chi connectivity index (χ2n) is 4.85. The zero-order valence-electron chi connectivity index (χ0n) is 11.0. The molecule has 0 bridgehead atoms. The predicted molar refractivity (Wildman–Crippen MR) is 80.9 cm³/mol. The molecule has 2 nitrogen and oxygen atoms in total. The number of aromatic nitrogens is 2. The molecule has 1 aromatic heterocycles. The molecule has 0 aliphatic rings. The van der Waals surface area contributed by atoms with E-state index in [1.165, 1.54) is 5.56 Å². The summed E-state index contributed by atoms with van der Waals surface area (Å²) in [7, 11) is 2.02. The smallest absolute Gasteiger partial charge is 0.108 e. The summed E-state index contributed by atoms with van der Waals surface area (Å²) >= 11 is 12.1. The summed E-state index contributed by atoms with van der Waals surface area (Å²) in [5.41, 5.74) is 1.25. The normalized spacial score (nSPS) is 12.6. The van der Waals surface area contributed by atoms with Gasteiger partial charge in [-0.2, -0.15) is 0 Å². The van der Waals surface area contributed by atoms with Crippen molar-refractivity contribution < 1.29 is 0 Å². The van der Waals surface area contributed by atoms with Crippen LogP contribution >= 0.6 is 23.2 Å². The number of hydrogen-bond donors (Lipinski definition) is 0. The first-order valence-electron chi connectivity index (χ1n) is 6.45. The maximum absolute atomic E-state index is 6.08. The molecular formula is C15H18Cl2N2. The average Bonchev–Trinajstić information content (AvgIpc) is 2.80. The van der Waals surface area contributed by atoms with Crippen molar-refractivity contribution in [3.05, 3.63) is 53.1 Å². The number of aryl methyl sites for hydroxylation is 2. The van der Waals surface area contributed by atoms with Gasteiger partial charge < -0.3 is 4.57 Å². The zero-order chi connectivity index (χ0) is 13.7. The van der Waals surface area contributed by atoms with Gasteiger partial charge >= 0.3 is 0 Å². The maximum atomic E-state index is 6.08. The molecule has 1 atom stereocenters. The lowest BCUT2D eigenvalue weighted by Gasteiger charge is -2.14. The van der Waals surface area contributed by atoms with Crippen LogP contribution in [0.4, 0.5) is 0 Å². The van der Waals surface area contributed by atoms with Gasteiger partial charge in [-0.3, -0.25) is 0 Å². The van der Waals surface area contributed by atoms with E-state index in [0.717, 1.165) is 30.1 Å². The van der Waals surface area contributed by atoms with E-state index >= 15 is 0 Å². The quantitative estimate of drug-likeness (QED) is 0.734. The molecule has 1 aromatic carbocycles. The van der Waals surface area contributed by atoms with Gasteiger partial charge in [-0.15, -0.1) is 11.6 Å². The third-order valence-corrected chi connectivity index (χ3v) is 4.00. The van der Waals surface area contributed by atoms with Crippen molar-refractivity contribution in [2.24, 2.45) is 13.0 Å². The summed E-state index contributed by atoms with van der Waals surface area (Å²) in [6.07, 6.45) is 6.78. The molecule has 0 aliphatic heterocycles. The highest BCUT2D eigenvalue weighted by atomic mass is 35.5. The lowest BCUT2D eigenvalue weighted by atomic mass is 9.96. The summed E-state index contributed by atoms with van der Waals surface area (Å²) in [4.78, 5) is 4.34. The molecule has 2 rings (SSSR count). The number of imidazole rings is 1. The zero-order valence-corrected chi connectivity index (χ0v) is 12.5. The van der Waals surface area contributed by atoms with Crippen LogP contribution in [0.15, 0.2) is 36.7 Å². The van der Waals surface area contributed by atoms with Crippen LogP contribution in [-0.4, -0.2) is 15.4 Å². The Balaban J connectivity index is 1.92. The SMILES string of the molecule is Cn1ccnc1CCC(CCl)Cc1cccc(Cl)c1. The molecule has 1 heterocycles. The lowest BCUT2D eigenvalue weighted by molar-refractivity contribution is 0.523. The first kappa shape index (κ1) is 14.4. The van der Waals surface area contributed by atoms with Crippen molar-refractivity contribution in [3.8, 4) is 0 Å². The van der Waals surface area contributed by atoms with Gasteiger partial charge in [-0.1, -0.05) is 23.7 Å². The number of hydrogen-bond acceptors (Lipinski definition) is 1. The summed E-state index contributed by atoms with van der Waals surface area (Å²) in [5.74, 6) is 2.23. The van der Waals surface area contributed by atoms with Crippen molar-refractivity contribution in [2.45, 2.75) is 19.3 Å². The Hall–Kier alpha value is -0.990. The Labute approximate surface area is 124 Å². The third kappa shape index (κ3) is 4.26. The van der Waals surface area contributed by atoms with Crippen LogP contribution < -0.4 is 0 Å². The Bertz CT molecular complexity index is 522. The fourth-order valence-corrected chi connectivity index (χ4v) is 2.68. The summed E-state index contributed by atoms with van der Waals surface area (Å²) in [6.45, 7) is 0. The number of rotatable bonds is 6. The minimum atomic E-state index is 0.455. The first-order chi connectivity index (χ1) is 9.19. The lowest BCUT2D eigenvalue weighted by Crippen LogP contribution is -2.10. The van der Waals surface area contributed by atoms with Gasteiger partial charge in [-0.05, 0) is 36.5 Å². The molecular weight excluding hydrogens is 279 g/mol. The van der Waals surface area contributed by atoms with E-state index in [9.17, 15) is 0 Å². The average molecular weight is 297 g/mol. The van der Waals surface area contributed by atoms with Gasteiger partial charge in [0, 0.05) is 36.8 Å². The highest BCUT2D eigenvalue weighted by Gasteiger charge is 2.11. The molecule has 0 N–H and O–H groups in total. The fourth-order valence-electron chi connectivity index (χ4n) is 2.20. The molecule has 0 saturated heterocycles. The third-order valence-electron chi connectivity index (χ3n) is 3.33. The second-order valence-corrected chi connectivity index (χ2v) is 5.59. The van der Waals surface area contributed by atoms with Crippen molar-refractivity contribution in [3.63, 3.8) is 0 Å². The molecule has 0 amide bonds. The highest BCUT2D eigenvalue weighted by molar-refractivity contribution is 6.30. The van der Waals surface area contributed by atoms with Crippen LogP contribution in [0.5, 0.6) is 0 Å². The van der Waals surface area contributed by atoms with E-state index < -0.39 is 0 Å². The Morgan fingerprint density at radius 1 is 1.37 bits per heavy atom. The summed E-state index contributed by atoms with van der Waals surface area (Å²) in [5, 5.41) is 0.787. The number of alkyl halides is 1. The van der Waals surface area contributed by atoms with Gasteiger partial charge in [0.1, 0.15) is 5.82 Å². The van der Waals surface area contributed by atoms with Crippen molar-refractivity contribution in [1.29, 1.82) is 0 Å². The molecule has 0 fully saturated rings. The van der Waals surface area contributed by atoms with E-state index in [-0.39, 0.29) is 0 Å². The van der Waals surface area contributed by atoms with E-state index in [1.807, 2.05) is 37.6 Å². The van der Waals surface area contributed by atoms with E-state index in [1.54, 1.807) is 0 Å². The standard InChI is InChI=1S/C15H18Cl2N2/c1-19-8-7-18-15(19)6-5-13(11-16)9-12-3-2-4-14(17)10-12/h2-4,7-8,10,13H,5-6,9,11H2,1H3.